The molecule has 19 heavy (non-hydrogen) atoms. The van der Waals surface area contributed by atoms with Crippen molar-refractivity contribution in [1.29, 1.82) is 0 Å². The number of carboxylic acid groups (broad SMARTS) is 1. The second-order valence-corrected chi connectivity index (χ2v) is 3.65. The smallest absolute Gasteiger partial charge is 0.337 e. The van der Waals surface area contributed by atoms with Crippen molar-refractivity contribution in [2.45, 2.75) is 0 Å². The summed E-state index contributed by atoms with van der Waals surface area (Å²) in [4.78, 5) is 22.7. The van der Waals surface area contributed by atoms with E-state index in [2.05, 4.69) is 5.32 Å². The number of ether oxygens (including phenoxy) is 2. The van der Waals surface area contributed by atoms with Gasteiger partial charge in [-0.3, -0.25) is 4.79 Å². The molecule has 2 N–H and O–H groups in total. The molecule has 1 aliphatic heterocycles. The van der Waals surface area contributed by atoms with Crippen LogP contribution in [-0.4, -0.2) is 30.2 Å². The number of hydrogen-bond acceptors (Lipinski definition) is 4. The van der Waals surface area contributed by atoms with Gasteiger partial charge in [0, 0.05) is 0 Å². The van der Waals surface area contributed by atoms with Crippen molar-refractivity contribution in [3.8, 4) is 0 Å². The number of nitrogens with one attached hydrogen (secondary N) is 1. The fourth-order valence-corrected chi connectivity index (χ4v) is 1.48. The van der Waals surface area contributed by atoms with Crippen molar-refractivity contribution in [1.82, 2.24) is 0 Å². The first kappa shape index (κ1) is 12.9. The molecule has 0 atom stereocenters. The van der Waals surface area contributed by atoms with E-state index >= 15 is 0 Å². The highest BCUT2D eigenvalue weighted by Gasteiger charge is 2.18. The number of aromatic carboxylic acids is 1. The van der Waals surface area contributed by atoms with Crippen LogP contribution in [0.5, 0.6) is 0 Å². The molecular formula is C12H10FNO5. The lowest BCUT2D eigenvalue weighted by atomic mass is 10.1. The van der Waals surface area contributed by atoms with E-state index < -0.39 is 17.7 Å². The largest absolute Gasteiger partial charge is 0.494 e. The Hall–Kier alpha value is -2.57. The third kappa shape index (κ3) is 3.01. The van der Waals surface area contributed by atoms with E-state index in [0.717, 1.165) is 24.5 Å². The number of benzene rings is 1. The monoisotopic (exact) mass is 267 g/mol. The Bertz CT molecular complexity index is 555. The lowest BCUT2D eigenvalue weighted by molar-refractivity contribution is -0.117. The van der Waals surface area contributed by atoms with Crippen molar-refractivity contribution in [3.63, 3.8) is 0 Å². The Kier molecular flexibility index (Phi) is 3.65. The predicted octanol–water partition coefficient (Wildman–Crippen LogP) is 1.35. The number of carboxylic acids is 1. The highest BCUT2D eigenvalue weighted by Crippen LogP contribution is 2.18. The summed E-state index contributed by atoms with van der Waals surface area (Å²) in [6, 6.07) is 2.99. The van der Waals surface area contributed by atoms with Gasteiger partial charge in [0.05, 0.1) is 11.3 Å². The number of rotatable bonds is 3. The summed E-state index contributed by atoms with van der Waals surface area (Å²) in [7, 11) is 0. The Labute approximate surface area is 107 Å². The first-order valence-corrected chi connectivity index (χ1v) is 5.36. The molecule has 1 aromatic rings. The van der Waals surface area contributed by atoms with Crippen molar-refractivity contribution in [2.24, 2.45) is 0 Å². The van der Waals surface area contributed by atoms with Crippen molar-refractivity contribution in [2.75, 3.05) is 18.5 Å². The third-order valence-corrected chi connectivity index (χ3v) is 2.33. The Morgan fingerprint density at radius 2 is 2.11 bits per heavy atom. The molecule has 0 aliphatic carbocycles. The highest BCUT2D eigenvalue weighted by molar-refractivity contribution is 6.06. The van der Waals surface area contributed by atoms with Crippen molar-refractivity contribution < 1.29 is 28.6 Å². The van der Waals surface area contributed by atoms with Crippen molar-refractivity contribution >= 4 is 17.6 Å². The van der Waals surface area contributed by atoms with Gasteiger partial charge in [-0.15, -0.1) is 0 Å². The zero-order valence-electron chi connectivity index (χ0n) is 9.68. The minimum atomic E-state index is -1.27. The van der Waals surface area contributed by atoms with Crippen LogP contribution >= 0.6 is 0 Å². The maximum absolute atomic E-state index is 13.1. The molecule has 1 aromatic carbocycles. The van der Waals surface area contributed by atoms with Crippen LogP contribution in [0.25, 0.3) is 0 Å². The highest BCUT2D eigenvalue weighted by atomic mass is 19.1. The molecule has 6 nitrogen and oxygen atoms in total. The normalized spacial score (nSPS) is 13.8. The third-order valence-electron chi connectivity index (χ3n) is 2.33. The Morgan fingerprint density at radius 1 is 1.32 bits per heavy atom. The van der Waals surface area contributed by atoms with Crippen LogP contribution in [0.4, 0.5) is 10.1 Å². The van der Waals surface area contributed by atoms with Crippen LogP contribution in [0, 0.1) is 5.82 Å². The van der Waals surface area contributed by atoms with Crippen LogP contribution in [0.1, 0.15) is 10.4 Å². The summed E-state index contributed by atoms with van der Waals surface area (Å²) in [5.74, 6) is -2.72. The van der Waals surface area contributed by atoms with Gasteiger partial charge >= 0.3 is 5.97 Å². The van der Waals surface area contributed by atoms with E-state index in [4.69, 9.17) is 14.6 Å². The Morgan fingerprint density at radius 3 is 2.74 bits per heavy atom. The standard InChI is InChI=1S/C12H10FNO5/c13-7-1-2-8(12(16)17)9(5-7)14-11(15)10-6-18-3-4-19-10/h1-2,5-6H,3-4H2,(H,14,15)(H,16,17). The van der Waals surface area contributed by atoms with E-state index in [1.54, 1.807) is 0 Å². The molecule has 0 radical (unpaired) electrons. The summed E-state index contributed by atoms with van der Waals surface area (Å²) in [5, 5.41) is 11.2. The second kappa shape index (κ2) is 5.38. The minimum Gasteiger partial charge on any atom is -0.494 e. The van der Waals surface area contributed by atoms with Gasteiger partial charge in [0.25, 0.3) is 5.91 Å². The van der Waals surface area contributed by atoms with Gasteiger partial charge in [0.1, 0.15) is 25.3 Å². The summed E-state index contributed by atoms with van der Waals surface area (Å²) in [5.41, 5.74) is -0.361. The van der Waals surface area contributed by atoms with Crippen LogP contribution in [0.3, 0.4) is 0 Å². The lowest BCUT2D eigenvalue weighted by Crippen LogP contribution is -2.22. The van der Waals surface area contributed by atoms with Gasteiger partial charge in [-0.2, -0.15) is 0 Å². The molecule has 1 aliphatic rings. The fourth-order valence-electron chi connectivity index (χ4n) is 1.48. The Balaban J connectivity index is 2.22. The maximum atomic E-state index is 13.1. The molecule has 7 heteroatoms. The molecule has 0 spiro atoms. The molecule has 0 saturated heterocycles. The summed E-state index contributed by atoms with van der Waals surface area (Å²) in [6.07, 6.45) is 1.12. The predicted molar refractivity (Wildman–Crippen MR) is 62.0 cm³/mol. The minimum absolute atomic E-state index is 0.0909. The molecule has 1 heterocycles. The van der Waals surface area contributed by atoms with Gasteiger partial charge in [0.2, 0.25) is 5.76 Å². The number of anilines is 1. The number of carbonyl (C=O) groups is 2. The van der Waals surface area contributed by atoms with Crippen LogP contribution < -0.4 is 5.32 Å². The van der Waals surface area contributed by atoms with Gasteiger partial charge in [-0.25, -0.2) is 9.18 Å². The van der Waals surface area contributed by atoms with Crippen LogP contribution in [-0.2, 0) is 14.3 Å². The number of carbonyl (C=O) groups excluding carboxylic acids is 1. The molecule has 2 rings (SSSR count). The fraction of sp³-hybridized carbons (Fsp3) is 0.167. The maximum Gasteiger partial charge on any atom is 0.337 e. The van der Waals surface area contributed by atoms with E-state index in [1.807, 2.05) is 0 Å². The van der Waals surface area contributed by atoms with Crippen molar-refractivity contribution in [3.05, 3.63) is 41.6 Å². The van der Waals surface area contributed by atoms with E-state index in [1.165, 1.54) is 0 Å². The number of halogens is 1. The molecule has 100 valence electrons. The number of amides is 1. The molecule has 0 unspecified atom stereocenters. The van der Waals surface area contributed by atoms with Crippen LogP contribution in [0.2, 0.25) is 0 Å². The van der Waals surface area contributed by atoms with Gasteiger partial charge in [-0.05, 0) is 18.2 Å². The lowest BCUT2D eigenvalue weighted by Gasteiger charge is -2.15. The molecule has 0 saturated carbocycles. The first-order valence-electron chi connectivity index (χ1n) is 5.36. The number of hydrogen-bond donors (Lipinski definition) is 2. The summed E-state index contributed by atoms with van der Waals surface area (Å²) >= 11 is 0. The quantitative estimate of drug-likeness (QED) is 0.863. The van der Waals surface area contributed by atoms with E-state index in [0.29, 0.717) is 6.61 Å². The van der Waals surface area contributed by atoms with Gasteiger partial charge in [-0.1, -0.05) is 0 Å². The SMILES string of the molecule is O=C(Nc1cc(F)ccc1C(=O)O)C1=COCCO1. The molecule has 0 aromatic heterocycles. The summed E-state index contributed by atoms with van der Waals surface area (Å²) < 4.78 is 23.0. The van der Waals surface area contributed by atoms with Gasteiger partial charge < -0.3 is 19.9 Å². The second-order valence-electron chi connectivity index (χ2n) is 3.65. The molecule has 0 bridgehead atoms. The van der Waals surface area contributed by atoms with Crippen LogP contribution in [0.15, 0.2) is 30.2 Å². The van der Waals surface area contributed by atoms with E-state index in [9.17, 15) is 14.0 Å². The van der Waals surface area contributed by atoms with Gasteiger partial charge in [0.15, 0.2) is 0 Å². The summed E-state index contributed by atoms with van der Waals surface area (Å²) in [6.45, 7) is 0.547. The first-order chi connectivity index (χ1) is 9.08. The van der Waals surface area contributed by atoms with E-state index in [-0.39, 0.29) is 23.6 Å². The molecule has 1 amide bonds. The zero-order chi connectivity index (χ0) is 13.8. The zero-order valence-corrected chi connectivity index (χ0v) is 9.68. The topological polar surface area (TPSA) is 84.9 Å². The molecular weight excluding hydrogens is 257 g/mol. The molecule has 0 fully saturated rings. The average molecular weight is 267 g/mol. The average Bonchev–Trinajstić information content (AvgIpc) is 2.39.